The van der Waals surface area contributed by atoms with E-state index in [1.807, 2.05) is 6.07 Å². The van der Waals surface area contributed by atoms with E-state index >= 15 is 0 Å². The van der Waals surface area contributed by atoms with Gasteiger partial charge in [-0.3, -0.25) is 4.98 Å². The molecule has 0 aliphatic heterocycles. The molecule has 1 heterocycles. The first-order chi connectivity index (χ1) is 10.3. The fraction of sp³-hybridized carbons (Fsp3) is 0.211. The SMILES string of the molecule is CCCNc1cc(C)nc2c(-c3ccccc3)cccc12. The molecule has 0 fully saturated rings. The summed E-state index contributed by atoms with van der Waals surface area (Å²) in [5.74, 6) is 0. The molecule has 0 saturated carbocycles. The molecule has 0 atom stereocenters. The Morgan fingerprint density at radius 2 is 1.81 bits per heavy atom. The minimum Gasteiger partial charge on any atom is -0.384 e. The lowest BCUT2D eigenvalue weighted by Gasteiger charge is -2.13. The van der Waals surface area contributed by atoms with Crippen molar-refractivity contribution in [1.82, 2.24) is 4.98 Å². The van der Waals surface area contributed by atoms with Crippen molar-refractivity contribution < 1.29 is 0 Å². The molecule has 0 spiro atoms. The van der Waals surface area contributed by atoms with Crippen molar-refractivity contribution in [1.29, 1.82) is 0 Å². The van der Waals surface area contributed by atoms with E-state index in [4.69, 9.17) is 4.98 Å². The zero-order chi connectivity index (χ0) is 14.7. The second kappa shape index (κ2) is 5.96. The van der Waals surface area contributed by atoms with E-state index in [-0.39, 0.29) is 0 Å². The molecule has 106 valence electrons. The van der Waals surface area contributed by atoms with Crippen LogP contribution in [0.4, 0.5) is 5.69 Å². The maximum Gasteiger partial charge on any atom is 0.0804 e. The van der Waals surface area contributed by atoms with Crippen LogP contribution in [0.3, 0.4) is 0 Å². The summed E-state index contributed by atoms with van der Waals surface area (Å²) < 4.78 is 0. The Kier molecular flexibility index (Phi) is 3.87. The monoisotopic (exact) mass is 276 g/mol. The van der Waals surface area contributed by atoms with Crippen LogP contribution in [0, 0.1) is 6.92 Å². The number of hydrogen-bond acceptors (Lipinski definition) is 2. The third-order valence-corrected chi connectivity index (χ3v) is 3.62. The lowest BCUT2D eigenvalue weighted by molar-refractivity contribution is 0.980. The molecule has 2 aromatic carbocycles. The Morgan fingerprint density at radius 3 is 2.57 bits per heavy atom. The highest BCUT2D eigenvalue weighted by Gasteiger charge is 2.09. The number of para-hydroxylation sites is 1. The standard InChI is InChI=1S/C19H20N2/c1-3-12-20-18-13-14(2)21-19-16(10-7-11-17(18)19)15-8-5-4-6-9-15/h4-11,13H,3,12H2,1-2H3,(H,20,21). The van der Waals surface area contributed by atoms with Crippen molar-refractivity contribution in [2.45, 2.75) is 20.3 Å². The number of fused-ring (bicyclic) bond motifs is 1. The molecule has 1 aromatic heterocycles. The molecule has 3 rings (SSSR count). The first-order valence-electron chi connectivity index (χ1n) is 7.49. The van der Waals surface area contributed by atoms with Gasteiger partial charge in [0, 0.05) is 28.9 Å². The van der Waals surface area contributed by atoms with Gasteiger partial charge in [0.1, 0.15) is 0 Å². The molecule has 0 bridgehead atoms. The predicted molar refractivity (Wildman–Crippen MR) is 90.7 cm³/mol. The van der Waals surface area contributed by atoms with E-state index in [0.29, 0.717) is 0 Å². The Hall–Kier alpha value is -2.35. The van der Waals surface area contributed by atoms with Crippen LogP contribution in [0.15, 0.2) is 54.6 Å². The van der Waals surface area contributed by atoms with Gasteiger partial charge in [-0.05, 0) is 25.0 Å². The van der Waals surface area contributed by atoms with E-state index in [1.165, 1.54) is 22.2 Å². The van der Waals surface area contributed by atoms with Gasteiger partial charge in [-0.2, -0.15) is 0 Å². The van der Waals surface area contributed by atoms with Gasteiger partial charge in [0.15, 0.2) is 0 Å². The molecule has 2 nitrogen and oxygen atoms in total. The van der Waals surface area contributed by atoms with Gasteiger partial charge in [0.05, 0.1) is 5.52 Å². The van der Waals surface area contributed by atoms with Crippen LogP contribution in [0.1, 0.15) is 19.0 Å². The van der Waals surface area contributed by atoms with Gasteiger partial charge in [-0.1, -0.05) is 55.5 Å². The number of pyridine rings is 1. The third kappa shape index (κ3) is 2.75. The van der Waals surface area contributed by atoms with Crippen molar-refractivity contribution in [2.24, 2.45) is 0 Å². The quantitative estimate of drug-likeness (QED) is 0.722. The second-order valence-electron chi connectivity index (χ2n) is 5.31. The summed E-state index contributed by atoms with van der Waals surface area (Å²) in [6.45, 7) is 5.21. The van der Waals surface area contributed by atoms with Crippen LogP contribution in [0.25, 0.3) is 22.0 Å². The molecule has 21 heavy (non-hydrogen) atoms. The molecule has 1 N–H and O–H groups in total. The molecular weight excluding hydrogens is 256 g/mol. The lowest BCUT2D eigenvalue weighted by atomic mass is 10.0. The smallest absolute Gasteiger partial charge is 0.0804 e. The first kappa shape index (κ1) is 13.6. The number of nitrogens with zero attached hydrogens (tertiary/aromatic N) is 1. The zero-order valence-corrected chi connectivity index (χ0v) is 12.6. The minimum absolute atomic E-state index is 0.980. The van der Waals surface area contributed by atoms with Crippen molar-refractivity contribution in [3.63, 3.8) is 0 Å². The van der Waals surface area contributed by atoms with Gasteiger partial charge in [0.25, 0.3) is 0 Å². The van der Waals surface area contributed by atoms with Crippen LogP contribution in [0.5, 0.6) is 0 Å². The molecule has 3 aromatic rings. The fourth-order valence-corrected chi connectivity index (χ4v) is 2.63. The Morgan fingerprint density at radius 1 is 1.00 bits per heavy atom. The number of rotatable bonds is 4. The molecule has 0 aliphatic rings. The van der Waals surface area contributed by atoms with Crippen LogP contribution in [-0.2, 0) is 0 Å². The highest BCUT2D eigenvalue weighted by molar-refractivity contribution is 6.00. The van der Waals surface area contributed by atoms with Gasteiger partial charge in [-0.25, -0.2) is 0 Å². The van der Waals surface area contributed by atoms with Gasteiger partial charge >= 0.3 is 0 Å². The van der Waals surface area contributed by atoms with E-state index < -0.39 is 0 Å². The van der Waals surface area contributed by atoms with E-state index in [0.717, 1.165) is 24.2 Å². The molecule has 2 heteroatoms. The topological polar surface area (TPSA) is 24.9 Å². The molecular formula is C19H20N2. The third-order valence-electron chi connectivity index (χ3n) is 3.62. The van der Waals surface area contributed by atoms with Gasteiger partial charge in [-0.15, -0.1) is 0 Å². The number of benzene rings is 2. The Labute approximate surface area is 125 Å². The maximum atomic E-state index is 4.78. The van der Waals surface area contributed by atoms with Crippen LogP contribution >= 0.6 is 0 Å². The lowest BCUT2D eigenvalue weighted by Crippen LogP contribution is -2.02. The molecule has 0 amide bonds. The van der Waals surface area contributed by atoms with E-state index in [1.54, 1.807) is 0 Å². The molecule has 0 aliphatic carbocycles. The van der Waals surface area contributed by atoms with Crippen LogP contribution in [0.2, 0.25) is 0 Å². The zero-order valence-electron chi connectivity index (χ0n) is 12.6. The Balaban J connectivity index is 2.21. The summed E-state index contributed by atoms with van der Waals surface area (Å²) >= 11 is 0. The summed E-state index contributed by atoms with van der Waals surface area (Å²) in [5.41, 5.74) is 5.70. The average molecular weight is 276 g/mol. The van der Waals surface area contributed by atoms with Crippen molar-refractivity contribution in [2.75, 3.05) is 11.9 Å². The highest BCUT2D eigenvalue weighted by Crippen LogP contribution is 2.31. The van der Waals surface area contributed by atoms with Crippen molar-refractivity contribution in [3.05, 3.63) is 60.3 Å². The molecule has 0 unspecified atom stereocenters. The van der Waals surface area contributed by atoms with Gasteiger partial charge < -0.3 is 5.32 Å². The molecule has 0 saturated heterocycles. The summed E-state index contributed by atoms with van der Waals surface area (Å²) in [5, 5.41) is 4.71. The van der Waals surface area contributed by atoms with Crippen molar-refractivity contribution >= 4 is 16.6 Å². The average Bonchev–Trinajstić information content (AvgIpc) is 2.53. The van der Waals surface area contributed by atoms with E-state index in [2.05, 4.69) is 67.7 Å². The van der Waals surface area contributed by atoms with Gasteiger partial charge in [0.2, 0.25) is 0 Å². The largest absolute Gasteiger partial charge is 0.384 e. The van der Waals surface area contributed by atoms with E-state index in [9.17, 15) is 0 Å². The van der Waals surface area contributed by atoms with Crippen LogP contribution in [-0.4, -0.2) is 11.5 Å². The minimum atomic E-state index is 0.980. The normalized spacial score (nSPS) is 10.8. The first-order valence-corrected chi connectivity index (χ1v) is 7.49. The summed E-state index contributed by atoms with van der Waals surface area (Å²) in [7, 11) is 0. The number of aryl methyl sites for hydroxylation is 1. The summed E-state index contributed by atoms with van der Waals surface area (Å²) in [6.07, 6.45) is 1.11. The highest BCUT2D eigenvalue weighted by atomic mass is 14.9. The summed E-state index contributed by atoms with van der Waals surface area (Å²) in [6, 6.07) is 19.0. The molecule has 0 radical (unpaired) electrons. The fourth-order valence-electron chi connectivity index (χ4n) is 2.63. The number of anilines is 1. The summed E-state index contributed by atoms with van der Waals surface area (Å²) in [4.78, 5) is 4.78. The number of hydrogen-bond donors (Lipinski definition) is 1. The number of aromatic nitrogens is 1. The van der Waals surface area contributed by atoms with Crippen LogP contribution < -0.4 is 5.32 Å². The Bertz CT molecular complexity index is 748. The maximum absolute atomic E-state index is 4.78. The predicted octanol–water partition coefficient (Wildman–Crippen LogP) is 5.03. The number of nitrogens with one attached hydrogen (secondary N) is 1. The van der Waals surface area contributed by atoms with Crippen molar-refractivity contribution in [3.8, 4) is 11.1 Å². The second-order valence-corrected chi connectivity index (χ2v) is 5.31.